The number of carbonyl (C=O) groups excluding carboxylic acids is 2. The van der Waals surface area contributed by atoms with Crippen LogP contribution in [0, 0.1) is 0 Å². The molecule has 0 aliphatic rings. The zero-order valence-electron chi connectivity index (χ0n) is 15.9. The molecule has 0 atom stereocenters. The fourth-order valence-electron chi connectivity index (χ4n) is 2.75. The van der Waals surface area contributed by atoms with Crippen LogP contribution in [0.3, 0.4) is 0 Å². The van der Waals surface area contributed by atoms with E-state index in [0.717, 1.165) is 24.1 Å². The van der Waals surface area contributed by atoms with Gasteiger partial charge in [-0.15, -0.1) is 0 Å². The van der Waals surface area contributed by atoms with E-state index in [4.69, 9.17) is 11.6 Å². The summed E-state index contributed by atoms with van der Waals surface area (Å²) in [4.78, 5) is 25.8. The number of alkyl halides is 3. The first-order valence-corrected chi connectivity index (χ1v) is 9.21. The number of hydrogen-bond donors (Lipinski definition) is 2. The van der Waals surface area contributed by atoms with E-state index in [1.165, 1.54) is 18.0 Å². The number of carbonyl (C=O) groups is 2. The molecule has 0 saturated carbocycles. The van der Waals surface area contributed by atoms with Crippen LogP contribution in [0.4, 0.5) is 24.5 Å². The smallest absolute Gasteiger partial charge is 0.325 e. The van der Waals surface area contributed by atoms with Crippen molar-refractivity contribution in [2.75, 3.05) is 30.8 Å². The molecule has 29 heavy (non-hydrogen) atoms. The molecule has 9 heteroatoms. The van der Waals surface area contributed by atoms with Crippen LogP contribution in [-0.2, 0) is 22.2 Å². The molecular formula is C20H21ClF3N3O2. The molecule has 0 aliphatic heterocycles. The van der Waals surface area contributed by atoms with Crippen molar-refractivity contribution in [3.8, 4) is 0 Å². The van der Waals surface area contributed by atoms with Crippen LogP contribution < -0.4 is 10.6 Å². The van der Waals surface area contributed by atoms with Crippen LogP contribution in [0.15, 0.2) is 42.5 Å². The van der Waals surface area contributed by atoms with Gasteiger partial charge in [0, 0.05) is 5.69 Å². The van der Waals surface area contributed by atoms with Crippen LogP contribution in [0.5, 0.6) is 0 Å². The molecule has 2 amide bonds. The third-order valence-corrected chi connectivity index (χ3v) is 4.40. The van der Waals surface area contributed by atoms with Gasteiger partial charge in [-0.1, -0.05) is 42.8 Å². The summed E-state index contributed by atoms with van der Waals surface area (Å²) >= 11 is 5.83. The van der Waals surface area contributed by atoms with Crippen molar-refractivity contribution in [2.45, 2.75) is 19.5 Å². The lowest BCUT2D eigenvalue weighted by Gasteiger charge is -2.19. The molecule has 156 valence electrons. The number of nitrogens with zero attached hydrogens (tertiary/aromatic N) is 1. The Morgan fingerprint density at radius 3 is 2.24 bits per heavy atom. The van der Waals surface area contributed by atoms with Crippen molar-refractivity contribution in [1.29, 1.82) is 0 Å². The lowest BCUT2D eigenvalue weighted by molar-refractivity contribution is -0.137. The van der Waals surface area contributed by atoms with Crippen molar-refractivity contribution < 1.29 is 22.8 Å². The molecule has 0 bridgehead atoms. The lowest BCUT2D eigenvalue weighted by atomic mass is 10.1. The van der Waals surface area contributed by atoms with Crippen molar-refractivity contribution in [2.24, 2.45) is 0 Å². The Labute approximate surface area is 171 Å². The van der Waals surface area contributed by atoms with Gasteiger partial charge in [0.05, 0.1) is 29.4 Å². The Kier molecular flexibility index (Phi) is 7.64. The summed E-state index contributed by atoms with van der Waals surface area (Å²) in [6.45, 7) is 1.57. The summed E-state index contributed by atoms with van der Waals surface area (Å²) in [6, 6.07) is 10.6. The van der Waals surface area contributed by atoms with Crippen LogP contribution in [-0.4, -0.2) is 36.9 Å². The second kappa shape index (κ2) is 9.76. The molecule has 0 aliphatic carbocycles. The van der Waals surface area contributed by atoms with Gasteiger partial charge < -0.3 is 10.6 Å². The van der Waals surface area contributed by atoms with Crippen molar-refractivity contribution in [3.05, 3.63) is 58.6 Å². The number of hydrogen-bond acceptors (Lipinski definition) is 3. The quantitative estimate of drug-likeness (QED) is 0.687. The van der Waals surface area contributed by atoms with E-state index in [1.54, 1.807) is 12.1 Å². The summed E-state index contributed by atoms with van der Waals surface area (Å²) in [5.74, 6) is -1.05. The molecule has 0 fully saturated rings. The zero-order chi connectivity index (χ0) is 21.6. The minimum atomic E-state index is -4.66. The average Bonchev–Trinajstić information content (AvgIpc) is 2.62. The molecule has 2 aromatic rings. The molecule has 0 saturated heterocycles. The number of aryl methyl sites for hydroxylation is 1. The molecule has 0 radical (unpaired) electrons. The number of nitrogens with one attached hydrogen (secondary N) is 2. The maximum Gasteiger partial charge on any atom is 0.418 e. The number of amides is 2. The fourth-order valence-corrected chi connectivity index (χ4v) is 2.97. The number of rotatable bonds is 7. The maximum atomic E-state index is 13.1. The number of benzene rings is 2. The Hall–Kier alpha value is -2.58. The fraction of sp³-hybridized carbons (Fsp3) is 0.300. The van der Waals surface area contributed by atoms with Gasteiger partial charge in [-0.2, -0.15) is 13.2 Å². The highest BCUT2D eigenvalue weighted by Crippen LogP contribution is 2.38. The lowest BCUT2D eigenvalue weighted by Crippen LogP contribution is -2.36. The third kappa shape index (κ3) is 6.47. The monoisotopic (exact) mass is 427 g/mol. The van der Waals surface area contributed by atoms with E-state index in [9.17, 15) is 22.8 Å². The zero-order valence-corrected chi connectivity index (χ0v) is 16.7. The predicted octanol–water partition coefficient (Wildman–Crippen LogP) is 4.43. The van der Waals surface area contributed by atoms with Gasteiger partial charge in [-0.3, -0.25) is 14.5 Å². The minimum absolute atomic E-state index is 0.111. The molecule has 2 rings (SSSR count). The molecule has 2 aromatic carbocycles. The summed E-state index contributed by atoms with van der Waals surface area (Å²) in [5, 5.41) is 4.75. The second-order valence-electron chi connectivity index (χ2n) is 6.44. The largest absolute Gasteiger partial charge is 0.418 e. The molecule has 0 spiro atoms. The summed E-state index contributed by atoms with van der Waals surface area (Å²) in [7, 11) is 1.52. The highest BCUT2D eigenvalue weighted by Gasteiger charge is 2.34. The van der Waals surface area contributed by atoms with Gasteiger partial charge in [-0.05, 0) is 37.2 Å². The van der Waals surface area contributed by atoms with Crippen LogP contribution >= 0.6 is 11.6 Å². The summed E-state index contributed by atoms with van der Waals surface area (Å²) in [5.41, 5.74) is 0.125. The molecular weight excluding hydrogens is 407 g/mol. The third-order valence-electron chi connectivity index (χ3n) is 4.08. The molecule has 0 heterocycles. The van der Waals surface area contributed by atoms with Crippen molar-refractivity contribution >= 4 is 34.8 Å². The van der Waals surface area contributed by atoms with Gasteiger partial charge in [0.1, 0.15) is 0 Å². The first kappa shape index (κ1) is 22.7. The Morgan fingerprint density at radius 1 is 1.00 bits per heavy atom. The highest BCUT2D eigenvalue weighted by molar-refractivity contribution is 6.34. The Balaban J connectivity index is 1.97. The first-order chi connectivity index (χ1) is 13.6. The average molecular weight is 428 g/mol. The summed E-state index contributed by atoms with van der Waals surface area (Å²) in [6.07, 6.45) is -3.92. The molecule has 0 aromatic heterocycles. The maximum absolute atomic E-state index is 13.1. The van der Waals surface area contributed by atoms with Gasteiger partial charge in [0.25, 0.3) is 0 Å². The van der Waals surface area contributed by atoms with Crippen LogP contribution in [0.2, 0.25) is 5.02 Å². The van der Waals surface area contributed by atoms with Crippen molar-refractivity contribution in [1.82, 2.24) is 4.90 Å². The number of anilines is 2. The molecule has 0 unspecified atom stereocenters. The van der Waals surface area contributed by atoms with E-state index >= 15 is 0 Å². The van der Waals surface area contributed by atoms with Gasteiger partial charge in [-0.25, -0.2) is 0 Å². The number of para-hydroxylation sites is 2. The molecule has 2 N–H and O–H groups in total. The Bertz CT molecular complexity index is 888. The van der Waals surface area contributed by atoms with E-state index in [-0.39, 0.29) is 24.0 Å². The van der Waals surface area contributed by atoms with Gasteiger partial charge in [0.15, 0.2) is 0 Å². The van der Waals surface area contributed by atoms with Crippen LogP contribution in [0.1, 0.15) is 18.1 Å². The topological polar surface area (TPSA) is 61.4 Å². The van der Waals surface area contributed by atoms with E-state index < -0.39 is 23.3 Å². The minimum Gasteiger partial charge on any atom is -0.325 e. The normalized spacial score (nSPS) is 11.4. The first-order valence-electron chi connectivity index (χ1n) is 8.83. The Morgan fingerprint density at radius 2 is 1.62 bits per heavy atom. The SMILES string of the molecule is CCc1ccccc1NC(=O)CN(C)CC(=O)Nc1c(Cl)cccc1C(F)(F)F. The van der Waals surface area contributed by atoms with Crippen LogP contribution in [0.25, 0.3) is 0 Å². The predicted molar refractivity (Wildman–Crippen MR) is 107 cm³/mol. The molecule has 5 nitrogen and oxygen atoms in total. The van der Waals surface area contributed by atoms with E-state index in [1.807, 2.05) is 19.1 Å². The number of halogens is 4. The summed E-state index contributed by atoms with van der Waals surface area (Å²) < 4.78 is 39.3. The second-order valence-corrected chi connectivity index (χ2v) is 6.85. The van der Waals surface area contributed by atoms with E-state index in [0.29, 0.717) is 5.69 Å². The number of likely N-dealkylation sites (N-methyl/N-ethyl adjacent to an activating group) is 1. The highest BCUT2D eigenvalue weighted by atomic mass is 35.5. The van der Waals surface area contributed by atoms with Crippen molar-refractivity contribution in [3.63, 3.8) is 0 Å². The van der Waals surface area contributed by atoms with Gasteiger partial charge >= 0.3 is 6.18 Å². The van der Waals surface area contributed by atoms with Gasteiger partial charge in [0.2, 0.25) is 11.8 Å². The standard InChI is InChI=1S/C20H21ClF3N3O2/c1-3-13-7-4-5-10-16(13)25-17(28)11-27(2)12-18(29)26-19-14(20(22,23)24)8-6-9-15(19)21/h4-10H,3,11-12H2,1-2H3,(H,25,28)(H,26,29). The van der Waals surface area contributed by atoms with E-state index in [2.05, 4.69) is 10.6 Å².